The number of amides is 2. The molecule has 1 aromatic rings. The van der Waals surface area contributed by atoms with E-state index in [0.29, 0.717) is 6.42 Å². The Morgan fingerprint density at radius 2 is 2.44 bits per heavy atom. The summed E-state index contributed by atoms with van der Waals surface area (Å²) in [5, 5.41) is 4.86. The number of rotatable bonds is 5. The highest BCUT2D eigenvalue weighted by molar-refractivity contribution is 7.09. The van der Waals surface area contributed by atoms with Gasteiger partial charge in [-0.15, -0.1) is 11.3 Å². The average Bonchev–Trinajstić information content (AvgIpc) is 2.95. The molecule has 2 rings (SSSR count). The number of carbonyl (C=O) groups is 2. The predicted molar refractivity (Wildman–Crippen MR) is 71.4 cm³/mol. The SMILES string of the molecule is CN1CCC(NC(=O)CCCc2cccs2)C1=O. The number of nitrogens with one attached hydrogen (secondary N) is 1. The van der Waals surface area contributed by atoms with Gasteiger partial charge in [-0.25, -0.2) is 0 Å². The summed E-state index contributed by atoms with van der Waals surface area (Å²) in [6.07, 6.45) is 2.99. The van der Waals surface area contributed by atoms with Crippen molar-refractivity contribution in [2.45, 2.75) is 31.7 Å². The van der Waals surface area contributed by atoms with Gasteiger partial charge < -0.3 is 10.2 Å². The molecule has 98 valence electrons. The van der Waals surface area contributed by atoms with Crippen molar-refractivity contribution < 1.29 is 9.59 Å². The van der Waals surface area contributed by atoms with Gasteiger partial charge >= 0.3 is 0 Å². The molecule has 1 aromatic heterocycles. The maximum Gasteiger partial charge on any atom is 0.244 e. The number of hydrogen-bond donors (Lipinski definition) is 1. The van der Waals surface area contributed by atoms with Gasteiger partial charge in [-0.2, -0.15) is 0 Å². The van der Waals surface area contributed by atoms with E-state index in [0.717, 1.165) is 25.8 Å². The third-order valence-corrected chi connectivity index (χ3v) is 4.11. The predicted octanol–water partition coefficient (Wildman–Crippen LogP) is 1.42. The molecule has 0 aliphatic carbocycles. The molecule has 0 aromatic carbocycles. The number of likely N-dealkylation sites (N-methyl/N-ethyl adjacent to an activating group) is 1. The monoisotopic (exact) mass is 266 g/mol. The van der Waals surface area contributed by atoms with Crippen molar-refractivity contribution in [2.75, 3.05) is 13.6 Å². The summed E-state index contributed by atoms with van der Waals surface area (Å²) in [5.74, 6) is 0.0156. The van der Waals surface area contributed by atoms with Crippen molar-refractivity contribution in [3.8, 4) is 0 Å². The Morgan fingerprint density at radius 1 is 1.61 bits per heavy atom. The largest absolute Gasteiger partial charge is 0.344 e. The standard InChI is InChI=1S/C13H18N2O2S/c1-15-8-7-11(13(15)17)14-12(16)6-2-4-10-5-3-9-18-10/h3,5,9,11H,2,4,6-8H2,1H3,(H,14,16). The van der Waals surface area contributed by atoms with E-state index in [1.807, 2.05) is 11.4 Å². The van der Waals surface area contributed by atoms with Crippen LogP contribution in [0.5, 0.6) is 0 Å². The first-order valence-corrected chi connectivity index (χ1v) is 7.11. The third kappa shape index (κ3) is 3.32. The lowest BCUT2D eigenvalue weighted by atomic mass is 10.2. The molecule has 0 spiro atoms. The van der Waals surface area contributed by atoms with E-state index in [1.54, 1.807) is 23.3 Å². The van der Waals surface area contributed by atoms with E-state index in [-0.39, 0.29) is 17.9 Å². The maximum atomic E-state index is 11.7. The maximum absolute atomic E-state index is 11.7. The van der Waals surface area contributed by atoms with Crippen molar-refractivity contribution in [1.82, 2.24) is 10.2 Å². The van der Waals surface area contributed by atoms with E-state index in [4.69, 9.17) is 0 Å². The van der Waals surface area contributed by atoms with Gasteiger partial charge in [0.05, 0.1) is 0 Å². The molecule has 1 saturated heterocycles. The van der Waals surface area contributed by atoms with Crippen molar-refractivity contribution in [2.24, 2.45) is 0 Å². The van der Waals surface area contributed by atoms with E-state index in [2.05, 4.69) is 11.4 Å². The van der Waals surface area contributed by atoms with E-state index in [1.165, 1.54) is 4.88 Å². The van der Waals surface area contributed by atoms with Crippen molar-refractivity contribution in [3.05, 3.63) is 22.4 Å². The fourth-order valence-corrected chi connectivity index (χ4v) is 2.85. The highest BCUT2D eigenvalue weighted by atomic mass is 32.1. The van der Waals surface area contributed by atoms with Crippen LogP contribution in [0.2, 0.25) is 0 Å². The highest BCUT2D eigenvalue weighted by Gasteiger charge is 2.29. The van der Waals surface area contributed by atoms with Crippen LogP contribution in [0.3, 0.4) is 0 Å². The van der Waals surface area contributed by atoms with Crippen LogP contribution in [0.4, 0.5) is 0 Å². The lowest BCUT2D eigenvalue weighted by Gasteiger charge is -2.11. The van der Waals surface area contributed by atoms with Crippen LogP contribution in [0.15, 0.2) is 17.5 Å². The molecule has 1 atom stereocenters. The Kier molecular flexibility index (Phi) is 4.36. The van der Waals surface area contributed by atoms with Gasteiger partial charge in [0.1, 0.15) is 6.04 Å². The molecule has 1 aliphatic rings. The minimum Gasteiger partial charge on any atom is -0.344 e. The molecule has 0 saturated carbocycles. The number of thiophene rings is 1. The average molecular weight is 266 g/mol. The number of likely N-dealkylation sites (tertiary alicyclic amines) is 1. The summed E-state index contributed by atoms with van der Waals surface area (Å²) in [4.78, 5) is 26.3. The molecule has 2 amide bonds. The fraction of sp³-hybridized carbons (Fsp3) is 0.538. The highest BCUT2D eigenvalue weighted by Crippen LogP contribution is 2.12. The molecule has 0 bridgehead atoms. The second-order valence-electron chi connectivity index (χ2n) is 4.60. The molecular weight excluding hydrogens is 248 g/mol. The molecular formula is C13H18N2O2S. The normalized spacial score (nSPS) is 19.3. The topological polar surface area (TPSA) is 49.4 Å². The third-order valence-electron chi connectivity index (χ3n) is 3.17. The molecule has 5 heteroatoms. The zero-order valence-corrected chi connectivity index (χ0v) is 11.3. The molecule has 18 heavy (non-hydrogen) atoms. The summed E-state index contributed by atoms with van der Waals surface area (Å²) in [7, 11) is 1.77. The second-order valence-corrected chi connectivity index (χ2v) is 5.63. The van der Waals surface area contributed by atoms with Crippen LogP contribution < -0.4 is 5.32 Å². The van der Waals surface area contributed by atoms with Crippen LogP contribution in [0, 0.1) is 0 Å². The van der Waals surface area contributed by atoms with Gasteiger partial charge in [-0.05, 0) is 30.7 Å². The molecule has 1 fully saturated rings. The van der Waals surface area contributed by atoms with Crippen molar-refractivity contribution in [1.29, 1.82) is 0 Å². The quantitative estimate of drug-likeness (QED) is 0.876. The molecule has 1 N–H and O–H groups in total. The Labute approximate surface area is 111 Å². The number of nitrogens with zero attached hydrogens (tertiary/aromatic N) is 1. The van der Waals surface area contributed by atoms with Crippen LogP contribution in [0.1, 0.15) is 24.1 Å². The van der Waals surface area contributed by atoms with Crippen LogP contribution >= 0.6 is 11.3 Å². The minimum absolute atomic E-state index is 0.0137. The fourth-order valence-electron chi connectivity index (χ4n) is 2.10. The van der Waals surface area contributed by atoms with Crippen LogP contribution in [0.25, 0.3) is 0 Å². The summed E-state index contributed by atoms with van der Waals surface area (Å²) in [5.41, 5.74) is 0. The van der Waals surface area contributed by atoms with Gasteiger partial charge in [-0.1, -0.05) is 6.07 Å². The van der Waals surface area contributed by atoms with Gasteiger partial charge in [0, 0.05) is 24.9 Å². The first kappa shape index (κ1) is 13.1. The first-order valence-electron chi connectivity index (χ1n) is 6.23. The number of hydrogen-bond acceptors (Lipinski definition) is 3. The van der Waals surface area contributed by atoms with E-state index < -0.39 is 0 Å². The smallest absolute Gasteiger partial charge is 0.244 e. The number of carbonyl (C=O) groups excluding carboxylic acids is 2. The summed E-state index contributed by atoms with van der Waals surface area (Å²) >= 11 is 1.72. The lowest BCUT2D eigenvalue weighted by Crippen LogP contribution is -2.40. The molecule has 0 radical (unpaired) electrons. The van der Waals surface area contributed by atoms with Crippen LogP contribution in [-0.4, -0.2) is 36.3 Å². The van der Waals surface area contributed by atoms with E-state index in [9.17, 15) is 9.59 Å². The van der Waals surface area contributed by atoms with Gasteiger partial charge in [0.15, 0.2) is 0 Å². The Balaban J connectivity index is 1.68. The lowest BCUT2D eigenvalue weighted by molar-refractivity contribution is -0.131. The van der Waals surface area contributed by atoms with Crippen molar-refractivity contribution >= 4 is 23.2 Å². The first-order chi connectivity index (χ1) is 8.66. The minimum atomic E-state index is -0.302. The molecule has 1 unspecified atom stereocenters. The van der Waals surface area contributed by atoms with Crippen LogP contribution in [-0.2, 0) is 16.0 Å². The molecule has 2 heterocycles. The molecule has 1 aliphatic heterocycles. The van der Waals surface area contributed by atoms with Gasteiger partial charge in [0.2, 0.25) is 11.8 Å². The summed E-state index contributed by atoms with van der Waals surface area (Å²) < 4.78 is 0. The van der Waals surface area contributed by atoms with Crippen molar-refractivity contribution in [3.63, 3.8) is 0 Å². The molecule has 4 nitrogen and oxygen atoms in total. The zero-order chi connectivity index (χ0) is 13.0. The van der Waals surface area contributed by atoms with Gasteiger partial charge in [0.25, 0.3) is 0 Å². The van der Waals surface area contributed by atoms with Gasteiger partial charge in [-0.3, -0.25) is 9.59 Å². The summed E-state index contributed by atoms with van der Waals surface area (Å²) in [6.45, 7) is 0.735. The Bertz CT molecular complexity index is 417. The second kappa shape index (κ2) is 6.00. The van der Waals surface area contributed by atoms with E-state index >= 15 is 0 Å². The zero-order valence-electron chi connectivity index (χ0n) is 10.5. The number of aryl methyl sites for hydroxylation is 1. The Morgan fingerprint density at radius 3 is 3.06 bits per heavy atom. The summed E-state index contributed by atoms with van der Waals surface area (Å²) in [6, 6.07) is 3.80. The Hall–Kier alpha value is -1.36.